The number of pyridine rings is 3. The number of likely N-dealkylation sites (N-methyl/N-ethyl adjacent to an activating group) is 1. The van der Waals surface area contributed by atoms with Crippen molar-refractivity contribution in [3.63, 3.8) is 0 Å². The smallest absolute Gasteiger partial charge is 0.354 e. The first kappa shape index (κ1) is 87.2. The lowest BCUT2D eigenvalue weighted by molar-refractivity contribution is -0.127. The van der Waals surface area contributed by atoms with Crippen molar-refractivity contribution >= 4 is 114 Å². The monoisotopic (exact) mass is 1780 g/mol. The van der Waals surface area contributed by atoms with Gasteiger partial charge in [-0.3, -0.25) is 43.0 Å². The number of amides is 3. The number of nitrogens with one attached hydrogen (secondary N) is 1. The SMILES string of the molecule is C=CC(=O)N1CCN2c3nc(=O)n(-c4c(C)ccnc4C(C)C)c4cc(-c5c(O)cccc5Cl)c(F)c(c34)N(C)CC2C1.C=CC(=O)N1CCN2c3nc(=O)n(-c4c(C)ccnc4C(C)C)c4cc(-c5c(O)cccc5Cl)c(F)c(c34)NCC2C1.C=CC(=O)N1CCN2c3nc(=O)n(-c4c(C)ccnc4C(C)C)c4cc(-c5c(O)cccc5Cl)c(F)c(c34)OCC2C1. The fourth-order valence-electron chi connectivity index (χ4n) is 18.3. The summed E-state index contributed by atoms with van der Waals surface area (Å²) in [5, 5.41) is 37.3. The van der Waals surface area contributed by atoms with Gasteiger partial charge in [-0.05, 0) is 146 Å². The molecule has 6 aromatic heterocycles. The molecule has 3 fully saturated rings. The molecule has 3 atom stereocenters. The van der Waals surface area contributed by atoms with Crippen LogP contribution in [0.1, 0.15) is 93.1 Å². The maximum atomic E-state index is 16.9. The Balaban J connectivity index is 0.000000140. The molecule has 0 aliphatic carbocycles. The van der Waals surface area contributed by atoms with Crippen molar-refractivity contribution < 1.29 is 47.6 Å². The third-order valence-corrected chi connectivity index (χ3v) is 25.3. The maximum absolute atomic E-state index is 16.9. The van der Waals surface area contributed by atoms with Crippen LogP contribution < -0.4 is 46.7 Å². The molecule has 6 aliphatic heterocycles. The third-order valence-electron chi connectivity index (χ3n) is 24.3. The van der Waals surface area contributed by atoms with E-state index in [-0.39, 0.29) is 156 Å². The largest absolute Gasteiger partial charge is 0.507 e. The number of carbonyl (C=O) groups is 3. The van der Waals surface area contributed by atoms with Gasteiger partial charge >= 0.3 is 17.1 Å². The standard InChI is InChI=1S/C32H32ClFN6O3.C31H30ClFN6O3.C31H29ClFN5O4/c1-6-24(42)38-12-13-39-19(16-38)15-37(5)30-26-22(14-20(27(30)34)25-21(33)8-7-9-23(25)41)40(32(43)36-31(26)39)29-18(4)10-11-35-28(29)17(2)3;1-5-23(41)37-11-12-38-18(15-37)14-35-28-25-21(13-19(26(28)33)24-20(32)7-6-8-22(24)40)39(31(42)36-30(25)38)29-17(4)9-10-34-27(29)16(2)3;1-5-23(40)36-11-12-37-18(14-36)15-42-29-25-21(13-19(26(29)33)24-20(32)7-6-8-22(24)39)38(31(41)35-30(25)37)28-17(4)9-10-34-27(28)16(2)3/h6-11,14,17,19,41H,1,12-13,15-16H2,2-5H3;5-10,13,16,18,35,40H,1,11-12,14-15H2,2-4H3;5-10,13,16,18,39H,1,11-12,14-15H2,2-4H3. The van der Waals surface area contributed by atoms with Crippen molar-refractivity contribution in [1.82, 2.24) is 58.3 Å². The van der Waals surface area contributed by atoms with Gasteiger partial charge in [0.15, 0.2) is 23.2 Å². The molecule has 0 saturated carbocycles. The Kier molecular flexibility index (Phi) is 23.7. The molecule has 3 unspecified atom stereocenters. The number of hydrogen-bond donors (Lipinski definition) is 4. The highest BCUT2D eigenvalue weighted by atomic mass is 35.5. The number of rotatable bonds is 12. The summed E-state index contributed by atoms with van der Waals surface area (Å²) in [5.41, 5.74) is 6.39. The molecule has 27 nitrogen and oxygen atoms in total. The molecule has 6 aromatic carbocycles. The van der Waals surface area contributed by atoms with Crippen molar-refractivity contribution in [1.29, 1.82) is 0 Å². The van der Waals surface area contributed by atoms with Gasteiger partial charge in [0.25, 0.3) is 0 Å². The fourth-order valence-corrected chi connectivity index (χ4v) is 19.1. The molecule has 0 spiro atoms. The lowest BCUT2D eigenvalue weighted by Gasteiger charge is -2.41. The van der Waals surface area contributed by atoms with Crippen LogP contribution in [0.2, 0.25) is 15.1 Å². The van der Waals surface area contributed by atoms with Crippen LogP contribution in [0.4, 0.5) is 42.0 Å². The molecule has 6 aliphatic rings. The normalized spacial score (nSPS) is 16.3. The number of phenolic OH excluding ortho intramolecular Hbond substituents is 3. The van der Waals surface area contributed by atoms with Crippen LogP contribution in [0.3, 0.4) is 0 Å². The summed E-state index contributed by atoms with van der Waals surface area (Å²) in [4.78, 5) is 120. The summed E-state index contributed by atoms with van der Waals surface area (Å²) in [5.74, 6) is -2.42. The van der Waals surface area contributed by atoms with Crippen LogP contribution in [0.15, 0.2) is 162 Å². The van der Waals surface area contributed by atoms with Gasteiger partial charge in [-0.1, -0.05) is 114 Å². The number of anilines is 5. The van der Waals surface area contributed by atoms with E-state index in [1.165, 1.54) is 56.2 Å². The molecule has 33 heteroatoms. The van der Waals surface area contributed by atoms with Crippen LogP contribution in [-0.2, 0) is 14.4 Å². The summed E-state index contributed by atoms with van der Waals surface area (Å²) >= 11 is 19.5. The molecule has 127 heavy (non-hydrogen) atoms. The average molecular weight is 1780 g/mol. The van der Waals surface area contributed by atoms with Crippen LogP contribution in [0, 0.1) is 38.2 Å². The fraction of sp³-hybridized carbons (Fsp3) is 0.298. The molecule has 654 valence electrons. The van der Waals surface area contributed by atoms with Crippen molar-refractivity contribution in [2.24, 2.45) is 0 Å². The molecular formula is C94H91Cl3F3N17O10. The van der Waals surface area contributed by atoms with E-state index in [1.807, 2.05) is 89.1 Å². The summed E-state index contributed by atoms with van der Waals surface area (Å²) in [6.07, 6.45) is 8.91. The number of fused-ring (bicyclic) bond motifs is 6. The maximum Gasteiger partial charge on any atom is 0.354 e. The number of hydrogen-bond acceptors (Lipinski definition) is 21. The summed E-state index contributed by atoms with van der Waals surface area (Å²) < 4.78 is 60.8. The van der Waals surface area contributed by atoms with E-state index >= 15 is 13.2 Å². The summed E-state index contributed by atoms with van der Waals surface area (Å²) in [7, 11) is 1.78. The molecule has 0 bridgehead atoms. The van der Waals surface area contributed by atoms with Gasteiger partial charge < -0.3 is 59.7 Å². The number of halogens is 6. The molecule has 12 aromatic rings. The van der Waals surface area contributed by atoms with Crippen LogP contribution >= 0.6 is 34.8 Å². The Labute approximate surface area is 743 Å². The molecular weight excluding hydrogens is 1690 g/mol. The van der Waals surface area contributed by atoms with Gasteiger partial charge in [0.1, 0.15) is 41.3 Å². The summed E-state index contributed by atoms with van der Waals surface area (Å²) in [6, 6.07) is 22.9. The molecule has 0 radical (unpaired) electrons. The number of ether oxygens (including phenoxy) is 1. The first-order valence-corrected chi connectivity index (χ1v) is 42.7. The van der Waals surface area contributed by atoms with Crippen LogP contribution in [-0.4, -0.2) is 195 Å². The van der Waals surface area contributed by atoms with Gasteiger partial charge in [0.2, 0.25) is 17.7 Å². The zero-order chi connectivity index (χ0) is 90.5. The van der Waals surface area contributed by atoms with Gasteiger partial charge in [0.05, 0.1) is 111 Å². The second-order valence-electron chi connectivity index (χ2n) is 33.1. The third kappa shape index (κ3) is 15.2. The first-order valence-electron chi connectivity index (χ1n) is 41.6. The Hall–Kier alpha value is -13.3. The van der Waals surface area contributed by atoms with Gasteiger partial charge in [-0.2, -0.15) is 15.0 Å². The van der Waals surface area contributed by atoms with E-state index in [4.69, 9.17) is 39.5 Å². The van der Waals surface area contributed by atoms with E-state index in [9.17, 15) is 44.1 Å². The molecule has 12 heterocycles. The topological polar surface area (TPSA) is 299 Å². The van der Waals surface area contributed by atoms with E-state index in [2.05, 4.69) is 55.0 Å². The second-order valence-corrected chi connectivity index (χ2v) is 34.4. The quantitative estimate of drug-likeness (QED) is 0.0826. The zero-order valence-corrected chi connectivity index (χ0v) is 73.6. The zero-order valence-electron chi connectivity index (χ0n) is 71.3. The van der Waals surface area contributed by atoms with E-state index in [0.717, 1.165) is 16.7 Å². The van der Waals surface area contributed by atoms with Gasteiger partial charge in [-0.15, -0.1) is 0 Å². The minimum absolute atomic E-state index is 0.0257. The minimum atomic E-state index is -0.745. The van der Waals surface area contributed by atoms with Crippen LogP contribution in [0.5, 0.6) is 23.0 Å². The van der Waals surface area contributed by atoms with Crippen molar-refractivity contribution in [3.8, 4) is 73.4 Å². The molecule has 3 amide bonds. The lowest BCUT2D eigenvalue weighted by atomic mass is 9.98. The van der Waals surface area contributed by atoms with Gasteiger partial charge in [0, 0.05) is 131 Å². The van der Waals surface area contributed by atoms with E-state index < -0.39 is 40.6 Å². The highest BCUT2D eigenvalue weighted by Crippen LogP contribution is 2.52. The highest BCUT2D eigenvalue weighted by Gasteiger charge is 2.43. The number of carbonyl (C=O) groups excluding carboxylic acids is 3. The number of nitrogens with zero attached hydrogens (tertiary/aromatic N) is 16. The van der Waals surface area contributed by atoms with Gasteiger partial charge in [-0.25, -0.2) is 27.6 Å². The molecule has 4 N–H and O–H groups in total. The summed E-state index contributed by atoms with van der Waals surface area (Å²) in [6.45, 7) is 32.4. The number of aromatic hydroxyl groups is 3. The number of piperazine rings is 3. The average Bonchev–Trinajstić information content (AvgIpc) is 1.70. The predicted octanol–water partition coefficient (Wildman–Crippen LogP) is 15.0. The Bertz CT molecular complexity index is 6500. The highest BCUT2D eigenvalue weighted by molar-refractivity contribution is 6.35. The number of benzene rings is 6. The number of phenols is 3. The Morgan fingerprint density at radius 2 is 0.827 bits per heavy atom. The molecule has 3 saturated heterocycles. The predicted molar refractivity (Wildman–Crippen MR) is 489 cm³/mol. The van der Waals surface area contributed by atoms with Crippen molar-refractivity contribution in [3.05, 3.63) is 245 Å². The number of aryl methyl sites for hydroxylation is 3. The van der Waals surface area contributed by atoms with E-state index in [1.54, 1.807) is 99.8 Å². The van der Waals surface area contributed by atoms with Crippen molar-refractivity contribution in [2.75, 3.05) is 111 Å². The van der Waals surface area contributed by atoms with E-state index in [0.29, 0.717) is 137 Å². The minimum Gasteiger partial charge on any atom is -0.507 e. The Morgan fingerprint density at radius 3 is 1.24 bits per heavy atom. The lowest BCUT2D eigenvalue weighted by Crippen LogP contribution is -2.57. The molecule has 18 rings (SSSR count). The second kappa shape index (κ2) is 34.6. The van der Waals surface area contributed by atoms with Crippen molar-refractivity contribution in [2.45, 2.75) is 98.2 Å². The van der Waals surface area contributed by atoms with Crippen LogP contribution in [0.25, 0.3) is 83.2 Å². The first-order chi connectivity index (χ1) is 60.8. The Morgan fingerprint density at radius 1 is 0.472 bits per heavy atom. The number of aromatic nitrogens is 9.